The van der Waals surface area contributed by atoms with E-state index in [0.29, 0.717) is 29.0 Å². The molecule has 1 fully saturated rings. The molecule has 1 aliphatic carbocycles. The van der Waals surface area contributed by atoms with Crippen molar-refractivity contribution in [3.05, 3.63) is 17.0 Å². The lowest BCUT2D eigenvalue weighted by Crippen LogP contribution is -2.41. The molecule has 0 unspecified atom stereocenters. The number of hydrogen-bond acceptors (Lipinski definition) is 3. The number of aromatic nitrogens is 1. The highest BCUT2D eigenvalue weighted by molar-refractivity contribution is 5.96. The van der Waals surface area contributed by atoms with Crippen LogP contribution >= 0.6 is 0 Å². The molecule has 1 aromatic rings. The van der Waals surface area contributed by atoms with E-state index in [4.69, 9.17) is 4.52 Å². The molecule has 94 valence electrons. The second kappa shape index (κ2) is 4.90. The Labute approximate surface area is 102 Å². The third kappa shape index (κ3) is 2.51. The first kappa shape index (κ1) is 12.1. The second-order valence-electron chi connectivity index (χ2n) is 5.04. The van der Waals surface area contributed by atoms with Gasteiger partial charge in [0.1, 0.15) is 11.3 Å². The van der Waals surface area contributed by atoms with Gasteiger partial charge < -0.3 is 9.84 Å². The smallest absolute Gasteiger partial charge is 0.257 e. The number of rotatable bonds is 2. The maximum Gasteiger partial charge on any atom is 0.257 e. The van der Waals surface area contributed by atoms with Crippen LogP contribution in [-0.4, -0.2) is 17.1 Å². The minimum Gasteiger partial charge on any atom is -0.361 e. The molecule has 1 saturated carbocycles. The molecule has 4 nitrogen and oxygen atoms in total. The van der Waals surface area contributed by atoms with Crippen molar-refractivity contribution in [1.29, 1.82) is 0 Å². The first-order valence-electron chi connectivity index (χ1n) is 6.33. The molecule has 1 amide bonds. The summed E-state index contributed by atoms with van der Waals surface area (Å²) in [6.07, 6.45) is 4.76. The summed E-state index contributed by atoms with van der Waals surface area (Å²) in [6.45, 7) is 5.78. The highest BCUT2D eigenvalue weighted by atomic mass is 16.5. The number of nitrogens with zero attached hydrogens (tertiary/aromatic N) is 1. The normalized spacial score (nSPS) is 24.6. The van der Waals surface area contributed by atoms with Gasteiger partial charge in [-0.1, -0.05) is 24.9 Å². The van der Waals surface area contributed by atoms with Crippen LogP contribution in [0.25, 0.3) is 0 Å². The van der Waals surface area contributed by atoms with E-state index in [9.17, 15) is 4.79 Å². The van der Waals surface area contributed by atoms with E-state index in [1.165, 1.54) is 19.3 Å². The topological polar surface area (TPSA) is 55.1 Å². The molecule has 1 heterocycles. The average molecular weight is 236 g/mol. The molecule has 1 aromatic heterocycles. The average Bonchev–Trinajstić information content (AvgIpc) is 2.62. The Morgan fingerprint density at radius 1 is 1.35 bits per heavy atom. The Morgan fingerprint density at radius 3 is 2.65 bits per heavy atom. The summed E-state index contributed by atoms with van der Waals surface area (Å²) in [5, 5.41) is 6.93. The first-order valence-corrected chi connectivity index (χ1v) is 6.33. The van der Waals surface area contributed by atoms with E-state index in [1.807, 2.05) is 0 Å². The summed E-state index contributed by atoms with van der Waals surface area (Å²) in [5.74, 6) is 1.12. The van der Waals surface area contributed by atoms with Crippen LogP contribution in [0, 0.1) is 19.8 Å². The second-order valence-corrected chi connectivity index (χ2v) is 5.04. The number of hydrogen-bond donors (Lipinski definition) is 1. The van der Waals surface area contributed by atoms with Crippen LogP contribution in [-0.2, 0) is 0 Å². The van der Waals surface area contributed by atoms with Crippen LogP contribution in [0.15, 0.2) is 4.52 Å². The number of carbonyl (C=O) groups excluding carboxylic acids is 1. The standard InChI is InChI=1S/C13H20N2O2/c1-8-6-4-5-7-11(8)14-13(16)12-9(2)15-17-10(12)3/h8,11H,4-7H2,1-3H3,(H,14,16)/t8-,11-/m1/s1. The number of carbonyl (C=O) groups is 1. The summed E-state index contributed by atoms with van der Waals surface area (Å²) >= 11 is 0. The molecule has 0 aliphatic heterocycles. The Bertz CT molecular complexity index is 392. The fraction of sp³-hybridized carbons (Fsp3) is 0.692. The monoisotopic (exact) mass is 236 g/mol. The van der Waals surface area contributed by atoms with Crippen molar-refractivity contribution in [2.24, 2.45) is 5.92 Å². The quantitative estimate of drug-likeness (QED) is 0.858. The Balaban J connectivity index is 2.06. The third-order valence-corrected chi connectivity index (χ3v) is 3.69. The van der Waals surface area contributed by atoms with E-state index in [-0.39, 0.29) is 5.91 Å². The van der Waals surface area contributed by atoms with E-state index >= 15 is 0 Å². The lowest BCUT2D eigenvalue weighted by Gasteiger charge is -2.29. The highest BCUT2D eigenvalue weighted by Crippen LogP contribution is 2.24. The van der Waals surface area contributed by atoms with Crippen molar-refractivity contribution in [2.45, 2.75) is 52.5 Å². The Kier molecular flexibility index (Phi) is 3.50. The highest BCUT2D eigenvalue weighted by Gasteiger charge is 2.25. The molecular weight excluding hydrogens is 216 g/mol. The van der Waals surface area contributed by atoms with E-state index < -0.39 is 0 Å². The van der Waals surface area contributed by atoms with Gasteiger partial charge in [-0.25, -0.2) is 0 Å². The Morgan fingerprint density at radius 2 is 2.06 bits per heavy atom. The van der Waals surface area contributed by atoms with Gasteiger partial charge in [0.15, 0.2) is 0 Å². The Hall–Kier alpha value is -1.32. The number of amides is 1. The molecule has 4 heteroatoms. The fourth-order valence-corrected chi connectivity index (χ4v) is 2.58. The van der Waals surface area contributed by atoms with Gasteiger partial charge in [0, 0.05) is 6.04 Å². The van der Waals surface area contributed by atoms with Crippen molar-refractivity contribution in [2.75, 3.05) is 0 Å². The molecule has 0 radical (unpaired) electrons. The molecule has 0 spiro atoms. The summed E-state index contributed by atoms with van der Waals surface area (Å²) in [6, 6.07) is 0.296. The summed E-state index contributed by atoms with van der Waals surface area (Å²) in [5.41, 5.74) is 1.27. The summed E-state index contributed by atoms with van der Waals surface area (Å²) in [7, 11) is 0. The molecule has 0 aromatic carbocycles. The van der Waals surface area contributed by atoms with Gasteiger partial charge in [-0.2, -0.15) is 0 Å². The summed E-state index contributed by atoms with van der Waals surface area (Å²) < 4.78 is 5.02. The van der Waals surface area contributed by atoms with Gasteiger partial charge in [-0.3, -0.25) is 4.79 Å². The van der Waals surface area contributed by atoms with Crippen LogP contribution < -0.4 is 5.32 Å². The fourth-order valence-electron chi connectivity index (χ4n) is 2.58. The van der Waals surface area contributed by atoms with Crippen molar-refractivity contribution >= 4 is 5.91 Å². The molecule has 2 atom stereocenters. The van der Waals surface area contributed by atoms with Gasteiger partial charge in [-0.15, -0.1) is 0 Å². The predicted octanol–water partition coefficient (Wildman–Crippen LogP) is 2.60. The van der Waals surface area contributed by atoms with Gasteiger partial charge >= 0.3 is 0 Å². The van der Waals surface area contributed by atoms with Crippen molar-refractivity contribution in [1.82, 2.24) is 10.5 Å². The SMILES string of the molecule is Cc1noc(C)c1C(=O)N[C@@H]1CCCC[C@H]1C. The minimum atomic E-state index is -0.0417. The van der Waals surface area contributed by atoms with E-state index in [2.05, 4.69) is 17.4 Å². The molecule has 1 aliphatic rings. The zero-order valence-corrected chi connectivity index (χ0v) is 10.7. The van der Waals surface area contributed by atoms with Crippen molar-refractivity contribution in [3.63, 3.8) is 0 Å². The van der Waals surface area contributed by atoms with Crippen molar-refractivity contribution in [3.8, 4) is 0 Å². The van der Waals surface area contributed by atoms with E-state index in [1.54, 1.807) is 13.8 Å². The predicted molar refractivity (Wildman–Crippen MR) is 64.9 cm³/mol. The first-order chi connectivity index (χ1) is 8.09. The summed E-state index contributed by atoms with van der Waals surface area (Å²) in [4.78, 5) is 12.2. The minimum absolute atomic E-state index is 0.0417. The van der Waals surface area contributed by atoms with Gasteiger partial charge in [0.05, 0.1) is 5.69 Å². The maximum absolute atomic E-state index is 12.2. The molecule has 0 saturated heterocycles. The lowest BCUT2D eigenvalue weighted by molar-refractivity contribution is 0.0908. The van der Waals surface area contributed by atoms with Crippen LogP contribution in [0.4, 0.5) is 0 Å². The third-order valence-electron chi connectivity index (χ3n) is 3.69. The van der Waals surface area contributed by atoms with Gasteiger partial charge in [0.2, 0.25) is 0 Å². The van der Waals surface area contributed by atoms with Crippen molar-refractivity contribution < 1.29 is 9.32 Å². The zero-order chi connectivity index (χ0) is 12.4. The molecule has 0 bridgehead atoms. The largest absolute Gasteiger partial charge is 0.361 e. The van der Waals surface area contributed by atoms with Crippen LogP contribution in [0.5, 0.6) is 0 Å². The zero-order valence-electron chi connectivity index (χ0n) is 10.7. The van der Waals surface area contributed by atoms with Crippen LogP contribution in [0.1, 0.15) is 54.4 Å². The van der Waals surface area contributed by atoms with E-state index in [0.717, 1.165) is 6.42 Å². The molecule has 17 heavy (non-hydrogen) atoms. The van der Waals surface area contributed by atoms with Gasteiger partial charge in [0.25, 0.3) is 5.91 Å². The maximum atomic E-state index is 12.2. The van der Waals surface area contributed by atoms with Crippen LogP contribution in [0.3, 0.4) is 0 Å². The molecule has 1 N–H and O–H groups in total. The van der Waals surface area contributed by atoms with Gasteiger partial charge in [-0.05, 0) is 32.6 Å². The number of nitrogens with one attached hydrogen (secondary N) is 1. The molecular formula is C13H20N2O2. The number of aryl methyl sites for hydroxylation is 2. The lowest BCUT2D eigenvalue weighted by atomic mass is 9.86. The van der Waals surface area contributed by atoms with Crippen LogP contribution in [0.2, 0.25) is 0 Å². The molecule has 2 rings (SSSR count).